The number of hydrogen-bond donors (Lipinski definition) is 1. The van der Waals surface area contributed by atoms with Gasteiger partial charge < -0.3 is 10.1 Å². The van der Waals surface area contributed by atoms with Gasteiger partial charge in [0.25, 0.3) is 0 Å². The van der Waals surface area contributed by atoms with E-state index < -0.39 is 0 Å². The SMILES string of the molecule is COc1ccc(CCNC2CC2)cc1Br. The monoisotopic (exact) mass is 269 g/mol. The Morgan fingerprint density at radius 1 is 1.47 bits per heavy atom. The van der Waals surface area contributed by atoms with Crippen molar-refractivity contribution in [2.75, 3.05) is 13.7 Å². The van der Waals surface area contributed by atoms with Gasteiger partial charge in [-0.25, -0.2) is 0 Å². The lowest BCUT2D eigenvalue weighted by Crippen LogP contribution is -2.19. The first-order valence-electron chi connectivity index (χ1n) is 5.35. The van der Waals surface area contributed by atoms with E-state index in [1.54, 1.807) is 7.11 Å². The van der Waals surface area contributed by atoms with Gasteiger partial charge in [0.2, 0.25) is 0 Å². The van der Waals surface area contributed by atoms with E-state index in [4.69, 9.17) is 4.74 Å². The number of ether oxygens (including phenoxy) is 1. The second-order valence-electron chi connectivity index (χ2n) is 3.95. The Bertz CT molecular complexity index is 336. The molecule has 0 saturated heterocycles. The second-order valence-corrected chi connectivity index (χ2v) is 4.80. The minimum atomic E-state index is 0.798. The maximum absolute atomic E-state index is 5.19. The molecule has 1 fully saturated rings. The summed E-state index contributed by atoms with van der Waals surface area (Å²) >= 11 is 3.50. The average molecular weight is 270 g/mol. The molecular formula is C12H16BrNO. The summed E-state index contributed by atoms with van der Waals surface area (Å²) in [4.78, 5) is 0. The first kappa shape index (κ1) is 11.0. The predicted molar refractivity (Wildman–Crippen MR) is 65.4 cm³/mol. The van der Waals surface area contributed by atoms with Crippen molar-refractivity contribution in [1.29, 1.82) is 0 Å². The Balaban J connectivity index is 1.87. The topological polar surface area (TPSA) is 21.3 Å². The molecule has 2 nitrogen and oxygen atoms in total. The summed E-state index contributed by atoms with van der Waals surface area (Å²) in [6, 6.07) is 7.06. The molecule has 0 radical (unpaired) electrons. The molecule has 1 aromatic carbocycles. The molecule has 0 heterocycles. The molecular weight excluding hydrogens is 254 g/mol. The van der Waals surface area contributed by atoms with Crippen LogP contribution in [-0.2, 0) is 6.42 Å². The molecule has 2 rings (SSSR count). The largest absolute Gasteiger partial charge is 0.496 e. The van der Waals surface area contributed by atoms with E-state index >= 15 is 0 Å². The number of rotatable bonds is 5. The Kier molecular flexibility index (Phi) is 3.65. The van der Waals surface area contributed by atoms with Crippen LogP contribution in [-0.4, -0.2) is 19.7 Å². The van der Waals surface area contributed by atoms with Crippen LogP contribution in [0.5, 0.6) is 5.75 Å². The molecule has 1 saturated carbocycles. The summed E-state index contributed by atoms with van der Waals surface area (Å²) < 4.78 is 6.23. The van der Waals surface area contributed by atoms with Gasteiger partial charge in [-0.2, -0.15) is 0 Å². The molecule has 82 valence electrons. The van der Waals surface area contributed by atoms with Crippen LogP contribution in [0, 0.1) is 0 Å². The van der Waals surface area contributed by atoms with Crippen molar-refractivity contribution in [2.24, 2.45) is 0 Å². The average Bonchev–Trinajstić information content (AvgIpc) is 3.02. The third-order valence-corrected chi connectivity index (χ3v) is 3.26. The zero-order valence-electron chi connectivity index (χ0n) is 8.92. The van der Waals surface area contributed by atoms with E-state index in [-0.39, 0.29) is 0 Å². The molecule has 0 amide bonds. The lowest BCUT2D eigenvalue weighted by atomic mass is 10.1. The zero-order chi connectivity index (χ0) is 10.7. The molecule has 15 heavy (non-hydrogen) atoms. The fourth-order valence-corrected chi connectivity index (χ4v) is 2.16. The standard InChI is InChI=1S/C12H16BrNO/c1-15-12-5-2-9(8-11(12)13)6-7-14-10-3-4-10/h2,5,8,10,14H,3-4,6-7H2,1H3. The third-order valence-electron chi connectivity index (χ3n) is 2.64. The molecule has 1 N–H and O–H groups in total. The summed E-state index contributed by atoms with van der Waals surface area (Å²) in [7, 11) is 1.69. The van der Waals surface area contributed by atoms with E-state index in [1.165, 1.54) is 18.4 Å². The van der Waals surface area contributed by atoms with Gasteiger partial charge in [-0.15, -0.1) is 0 Å². The Hall–Kier alpha value is -0.540. The summed E-state index contributed by atoms with van der Waals surface area (Å²) in [5.74, 6) is 0.897. The molecule has 0 aliphatic heterocycles. The molecule has 0 aromatic heterocycles. The maximum Gasteiger partial charge on any atom is 0.133 e. The molecule has 0 unspecified atom stereocenters. The Morgan fingerprint density at radius 3 is 2.87 bits per heavy atom. The summed E-state index contributed by atoms with van der Waals surface area (Å²) in [5, 5.41) is 3.51. The van der Waals surface area contributed by atoms with E-state index in [1.807, 2.05) is 6.07 Å². The maximum atomic E-state index is 5.19. The van der Waals surface area contributed by atoms with Crippen molar-refractivity contribution in [1.82, 2.24) is 5.32 Å². The van der Waals surface area contributed by atoms with Crippen molar-refractivity contribution in [3.05, 3.63) is 28.2 Å². The highest BCUT2D eigenvalue weighted by Gasteiger charge is 2.19. The van der Waals surface area contributed by atoms with E-state index in [2.05, 4.69) is 33.4 Å². The van der Waals surface area contributed by atoms with Crippen molar-refractivity contribution >= 4 is 15.9 Å². The van der Waals surface area contributed by atoms with Crippen molar-refractivity contribution in [3.8, 4) is 5.75 Å². The van der Waals surface area contributed by atoms with Crippen LogP contribution in [0.4, 0.5) is 0 Å². The van der Waals surface area contributed by atoms with Gasteiger partial charge >= 0.3 is 0 Å². The summed E-state index contributed by atoms with van der Waals surface area (Å²) in [5.41, 5.74) is 1.34. The van der Waals surface area contributed by atoms with Crippen LogP contribution in [0.25, 0.3) is 0 Å². The van der Waals surface area contributed by atoms with Gasteiger partial charge in [-0.05, 0) is 59.4 Å². The van der Waals surface area contributed by atoms with Crippen LogP contribution < -0.4 is 10.1 Å². The van der Waals surface area contributed by atoms with Gasteiger partial charge in [0.15, 0.2) is 0 Å². The van der Waals surface area contributed by atoms with Crippen LogP contribution in [0.15, 0.2) is 22.7 Å². The zero-order valence-corrected chi connectivity index (χ0v) is 10.5. The number of halogens is 1. The number of nitrogens with one attached hydrogen (secondary N) is 1. The fourth-order valence-electron chi connectivity index (χ4n) is 1.57. The van der Waals surface area contributed by atoms with Crippen molar-refractivity contribution in [3.63, 3.8) is 0 Å². The molecule has 0 atom stereocenters. The van der Waals surface area contributed by atoms with Crippen molar-refractivity contribution in [2.45, 2.75) is 25.3 Å². The second kappa shape index (κ2) is 4.99. The Labute approximate surface area is 99.1 Å². The third kappa shape index (κ3) is 3.21. The smallest absolute Gasteiger partial charge is 0.133 e. The molecule has 1 aliphatic carbocycles. The van der Waals surface area contributed by atoms with E-state index in [0.717, 1.165) is 29.2 Å². The first-order chi connectivity index (χ1) is 7.29. The van der Waals surface area contributed by atoms with Crippen LogP contribution in [0.3, 0.4) is 0 Å². The fraction of sp³-hybridized carbons (Fsp3) is 0.500. The lowest BCUT2D eigenvalue weighted by Gasteiger charge is -2.06. The highest BCUT2D eigenvalue weighted by molar-refractivity contribution is 9.10. The quantitative estimate of drug-likeness (QED) is 0.888. The predicted octanol–water partition coefficient (Wildman–Crippen LogP) is 2.75. The number of hydrogen-bond acceptors (Lipinski definition) is 2. The highest BCUT2D eigenvalue weighted by atomic mass is 79.9. The summed E-state index contributed by atoms with van der Waals surface area (Å²) in [6.07, 6.45) is 3.79. The van der Waals surface area contributed by atoms with Crippen LogP contribution >= 0.6 is 15.9 Å². The van der Waals surface area contributed by atoms with Gasteiger partial charge in [0, 0.05) is 6.04 Å². The lowest BCUT2D eigenvalue weighted by molar-refractivity contribution is 0.412. The van der Waals surface area contributed by atoms with Gasteiger partial charge in [-0.3, -0.25) is 0 Å². The van der Waals surface area contributed by atoms with E-state index in [9.17, 15) is 0 Å². The highest BCUT2D eigenvalue weighted by Crippen LogP contribution is 2.25. The van der Waals surface area contributed by atoms with Gasteiger partial charge in [-0.1, -0.05) is 6.07 Å². The van der Waals surface area contributed by atoms with Gasteiger partial charge in [0.05, 0.1) is 11.6 Å². The molecule has 1 aromatic rings. The van der Waals surface area contributed by atoms with E-state index in [0.29, 0.717) is 0 Å². The molecule has 1 aliphatic rings. The summed E-state index contributed by atoms with van der Waals surface area (Å²) in [6.45, 7) is 1.07. The molecule has 0 bridgehead atoms. The normalized spacial score (nSPS) is 15.3. The molecule has 0 spiro atoms. The number of benzene rings is 1. The van der Waals surface area contributed by atoms with Crippen LogP contribution in [0.2, 0.25) is 0 Å². The Morgan fingerprint density at radius 2 is 2.27 bits per heavy atom. The van der Waals surface area contributed by atoms with Crippen LogP contribution in [0.1, 0.15) is 18.4 Å². The van der Waals surface area contributed by atoms with Gasteiger partial charge in [0.1, 0.15) is 5.75 Å². The number of methoxy groups -OCH3 is 1. The molecule has 3 heteroatoms. The minimum absolute atomic E-state index is 0.798. The first-order valence-corrected chi connectivity index (χ1v) is 6.14. The minimum Gasteiger partial charge on any atom is -0.496 e. The van der Waals surface area contributed by atoms with Crippen molar-refractivity contribution < 1.29 is 4.74 Å².